The lowest BCUT2D eigenvalue weighted by Gasteiger charge is -2.03. The lowest BCUT2D eigenvalue weighted by molar-refractivity contribution is 0.415. The minimum atomic E-state index is 0.0865. The predicted octanol–water partition coefficient (Wildman–Crippen LogP) is 3.25. The summed E-state index contributed by atoms with van der Waals surface area (Å²) in [4.78, 5) is 0.766. The van der Waals surface area contributed by atoms with Crippen molar-refractivity contribution in [1.29, 1.82) is 5.41 Å². The highest BCUT2D eigenvalue weighted by Crippen LogP contribution is 2.29. The molecule has 1 aromatic carbocycles. The minimum Gasteiger partial charge on any atom is -0.497 e. The number of hydrogen-bond donors (Lipinski definition) is 3. The maximum atomic E-state index is 7.54. The van der Waals surface area contributed by atoms with Crippen LogP contribution in [-0.2, 0) is 0 Å². The molecule has 0 amide bonds. The van der Waals surface area contributed by atoms with Gasteiger partial charge in [-0.25, -0.2) is 0 Å². The summed E-state index contributed by atoms with van der Waals surface area (Å²) in [6, 6.07) is 7.83. The van der Waals surface area contributed by atoms with Gasteiger partial charge in [0.2, 0.25) is 0 Å². The van der Waals surface area contributed by atoms with Crippen LogP contribution in [0.1, 0.15) is 16.0 Å². The zero-order chi connectivity index (χ0) is 14.5. The Balaban J connectivity index is 2.24. The van der Waals surface area contributed by atoms with Gasteiger partial charge in [-0.2, -0.15) is 0 Å². The molecule has 5 heteroatoms. The Hall–Kier alpha value is -2.27. The second-order valence-corrected chi connectivity index (χ2v) is 5.04. The Bertz CT molecular complexity index is 629. The van der Waals surface area contributed by atoms with Crippen LogP contribution < -0.4 is 15.8 Å². The summed E-state index contributed by atoms with van der Waals surface area (Å²) in [5, 5.41) is 12.6. The molecule has 4 nitrogen and oxygen atoms in total. The molecule has 0 atom stereocenters. The highest BCUT2D eigenvalue weighted by Gasteiger charge is 2.10. The number of nitrogens with two attached hydrogens (primary N) is 1. The van der Waals surface area contributed by atoms with E-state index in [1.165, 1.54) is 11.3 Å². The maximum Gasteiger partial charge on any atom is 0.135 e. The van der Waals surface area contributed by atoms with Crippen LogP contribution in [0, 0.1) is 5.41 Å². The van der Waals surface area contributed by atoms with E-state index in [4.69, 9.17) is 15.9 Å². The van der Waals surface area contributed by atoms with Crippen molar-refractivity contribution in [2.45, 2.75) is 0 Å². The Morgan fingerprint density at radius 3 is 2.55 bits per heavy atom. The zero-order valence-corrected chi connectivity index (χ0v) is 12.3. The van der Waals surface area contributed by atoms with Crippen molar-refractivity contribution >= 4 is 35.0 Å². The zero-order valence-electron chi connectivity index (χ0n) is 11.4. The summed E-state index contributed by atoms with van der Waals surface area (Å²) in [5.74, 6) is 0.927. The van der Waals surface area contributed by atoms with Crippen LogP contribution in [0.15, 0.2) is 29.6 Å². The van der Waals surface area contributed by atoms with E-state index >= 15 is 0 Å². The topological polar surface area (TPSA) is 71.1 Å². The highest BCUT2D eigenvalue weighted by atomic mass is 32.1. The molecule has 0 bridgehead atoms. The maximum absolute atomic E-state index is 7.54. The summed E-state index contributed by atoms with van der Waals surface area (Å²) in [6.07, 6.45) is 4.03. The molecular weight excluding hydrogens is 270 g/mol. The number of methoxy groups -OCH3 is 1. The first-order chi connectivity index (χ1) is 9.65. The molecule has 0 aliphatic carbocycles. The molecule has 1 aromatic heterocycles. The molecule has 0 radical (unpaired) electrons. The van der Waals surface area contributed by atoms with Gasteiger partial charge in [-0.15, -0.1) is 11.3 Å². The van der Waals surface area contributed by atoms with Gasteiger partial charge in [0.25, 0.3) is 0 Å². The molecule has 0 saturated carbocycles. The highest BCUT2D eigenvalue weighted by molar-refractivity contribution is 7.13. The number of amidine groups is 1. The van der Waals surface area contributed by atoms with Crippen molar-refractivity contribution in [2.75, 3.05) is 19.5 Å². The lowest BCUT2D eigenvalue weighted by Crippen LogP contribution is -2.11. The summed E-state index contributed by atoms with van der Waals surface area (Å²) >= 11 is 1.47. The SMILES string of the molecule is CNc1c(/C=C/c2ccc(OC)cc2)csc1C(=N)N. The van der Waals surface area contributed by atoms with E-state index in [2.05, 4.69) is 5.32 Å². The van der Waals surface area contributed by atoms with Crippen molar-refractivity contribution in [1.82, 2.24) is 0 Å². The largest absolute Gasteiger partial charge is 0.497 e. The van der Waals surface area contributed by atoms with Gasteiger partial charge in [-0.1, -0.05) is 24.3 Å². The van der Waals surface area contributed by atoms with Crippen LogP contribution in [0.2, 0.25) is 0 Å². The van der Waals surface area contributed by atoms with Crippen molar-refractivity contribution in [2.24, 2.45) is 5.73 Å². The minimum absolute atomic E-state index is 0.0865. The summed E-state index contributed by atoms with van der Waals surface area (Å²) in [6.45, 7) is 0. The molecule has 2 aromatic rings. The third kappa shape index (κ3) is 3.00. The second-order valence-electron chi connectivity index (χ2n) is 4.17. The van der Waals surface area contributed by atoms with Gasteiger partial charge in [0, 0.05) is 18.0 Å². The average molecular weight is 287 g/mol. The summed E-state index contributed by atoms with van der Waals surface area (Å²) in [5.41, 5.74) is 8.57. The third-order valence-electron chi connectivity index (χ3n) is 2.89. The van der Waals surface area contributed by atoms with Crippen LogP contribution >= 0.6 is 11.3 Å². The van der Waals surface area contributed by atoms with Gasteiger partial charge < -0.3 is 15.8 Å². The fraction of sp³-hybridized carbons (Fsp3) is 0.133. The van der Waals surface area contributed by atoms with Crippen LogP contribution in [0.25, 0.3) is 12.2 Å². The molecule has 4 N–H and O–H groups in total. The Morgan fingerprint density at radius 2 is 2.00 bits per heavy atom. The van der Waals surface area contributed by atoms with E-state index in [1.54, 1.807) is 7.11 Å². The van der Waals surface area contributed by atoms with E-state index in [-0.39, 0.29) is 5.84 Å². The van der Waals surface area contributed by atoms with E-state index < -0.39 is 0 Å². The fourth-order valence-electron chi connectivity index (χ4n) is 1.85. The number of benzene rings is 1. The lowest BCUT2D eigenvalue weighted by atomic mass is 10.1. The van der Waals surface area contributed by atoms with Crippen molar-refractivity contribution in [3.8, 4) is 5.75 Å². The van der Waals surface area contributed by atoms with Crippen molar-refractivity contribution < 1.29 is 4.74 Å². The number of nitrogens with one attached hydrogen (secondary N) is 2. The van der Waals surface area contributed by atoms with Crippen LogP contribution in [0.5, 0.6) is 5.75 Å². The van der Waals surface area contributed by atoms with Crippen LogP contribution in [0.3, 0.4) is 0 Å². The van der Waals surface area contributed by atoms with Gasteiger partial charge in [0.15, 0.2) is 0 Å². The van der Waals surface area contributed by atoms with E-state index in [0.29, 0.717) is 0 Å². The standard InChI is InChI=1S/C15H17N3OS/c1-18-13-11(9-20-14(13)15(16)17)6-3-10-4-7-12(19-2)8-5-10/h3-9,18H,1-2H3,(H3,16,17)/b6-3+. The Kier molecular flexibility index (Phi) is 4.42. The third-order valence-corrected chi connectivity index (χ3v) is 3.92. The van der Waals surface area contributed by atoms with Crippen molar-refractivity contribution in [3.05, 3.63) is 45.6 Å². The first-order valence-corrected chi connectivity index (χ1v) is 6.99. The normalized spacial score (nSPS) is 10.7. The van der Waals surface area contributed by atoms with E-state index in [0.717, 1.165) is 27.4 Å². The molecule has 2 rings (SSSR count). The smallest absolute Gasteiger partial charge is 0.135 e. The van der Waals surface area contributed by atoms with Gasteiger partial charge in [0.05, 0.1) is 17.7 Å². The van der Waals surface area contributed by atoms with Gasteiger partial charge in [-0.05, 0) is 17.7 Å². The van der Waals surface area contributed by atoms with Gasteiger partial charge in [-0.3, -0.25) is 5.41 Å². The Labute approximate surface area is 122 Å². The number of nitrogen functional groups attached to an aromatic ring is 1. The Morgan fingerprint density at radius 1 is 1.30 bits per heavy atom. The monoisotopic (exact) mass is 287 g/mol. The molecule has 0 unspecified atom stereocenters. The quantitative estimate of drug-likeness (QED) is 0.584. The number of hydrogen-bond acceptors (Lipinski definition) is 4. The average Bonchev–Trinajstić information content (AvgIpc) is 2.88. The number of anilines is 1. The molecule has 0 fully saturated rings. The first kappa shape index (κ1) is 14.1. The molecule has 104 valence electrons. The fourth-order valence-corrected chi connectivity index (χ4v) is 2.76. The molecule has 20 heavy (non-hydrogen) atoms. The summed E-state index contributed by atoms with van der Waals surface area (Å²) in [7, 11) is 3.48. The van der Waals surface area contributed by atoms with Gasteiger partial charge in [0.1, 0.15) is 11.6 Å². The number of thiophene rings is 1. The molecule has 0 spiro atoms. The number of rotatable bonds is 5. The molecule has 0 aliphatic rings. The molecular formula is C15H17N3OS. The van der Waals surface area contributed by atoms with E-state index in [9.17, 15) is 0 Å². The van der Waals surface area contributed by atoms with Crippen LogP contribution in [0.4, 0.5) is 5.69 Å². The first-order valence-electron chi connectivity index (χ1n) is 6.11. The number of ether oxygens (including phenoxy) is 1. The summed E-state index contributed by atoms with van der Waals surface area (Å²) < 4.78 is 5.13. The van der Waals surface area contributed by atoms with Gasteiger partial charge >= 0.3 is 0 Å². The molecule has 0 saturated heterocycles. The van der Waals surface area contributed by atoms with E-state index in [1.807, 2.05) is 48.8 Å². The molecule has 1 heterocycles. The van der Waals surface area contributed by atoms with Crippen LogP contribution in [-0.4, -0.2) is 20.0 Å². The van der Waals surface area contributed by atoms with Crippen molar-refractivity contribution in [3.63, 3.8) is 0 Å². The second kappa shape index (κ2) is 6.25. The predicted molar refractivity (Wildman–Crippen MR) is 86.8 cm³/mol. The molecule has 0 aliphatic heterocycles.